The largest absolute Gasteiger partial charge is 0.398 e. The fourth-order valence-electron chi connectivity index (χ4n) is 4.32. The minimum atomic E-state index is 0.694. The topological polar surface area (TPSA) is 89.2 Å². The second kappa shape index (κ2) is 8.55. The lowest BCUT2D eigenvalue weighted by molar-refractivity contribution is 0.122. The fourth-order valence-corrected chi connectivity index (χ4v) is 5.10. The summed E-state index contributed by atoms with van der Waals surface area (Å²) < 4.78 is 6.48. The minimum Gasteiger partial charge on any atom is -0.398 e. The van der Waals surface area contributed by atoms with Gasteiger partial charge in [0.15, 0.2) is 11.6 Å². The van der Waals surface area contributed by atoms with E-state index >= 15 is 0 Å². The van der Waals surface area contributed by atoms with E-state index in [0.29, 0.717) is 5.82 Å². The highest BCUT2D eigenvalue weighted by Crippen LogP contribution is 2.33. The summed E-state index contributed by atoms with van der Waals surface area (Å²) in [4.78, 5) is 16.6. The Morgan fingerprint density at radius 2 is 1.76 bits per heavy atom. The highest BCUT2D eigenvalue weighted by atomic mass is 32.1. The number of pyridine rings is 1. The Balaban J connectivity index is 1.35. The van der Waals surface area contributed by atoms with Crippen LogP contribution in [0.5, 0.6) is 0 Å². The fraction of sp³-hybridized carbons (Fsp3) is 0.192. The lowest BCUT2D eigenvalue weighted by Gasteiger charge is -2.28. The zero-order valence-electron chi connectivity index (χ0n) is 18.8. The van der Waals surface area contributed by atoms with Crippen molar-refractivity contribution in [3.05, 3.63) is 65.7 Å². The number of nitrogen functional groups attached to an aromatic ring is 1. The van der Waals surface area contributed by atoms with Crippen LogP contribution in [0.15, 0.2) is 60.0 Å². The number of rotatable bonds is 4. The van der Waals surface area contributed by atoms with E-state index in [2.05, 4.69) is 39.5 Å². The Bertz CT molecular complexity index is 1490. The molecule has 0 aliphatic carbocycles. The zero-order chi connectivity index (χ0) is 23.1. The smallest absolute Gasteiger partial charge is 0.162 e. The van der Waals surface area contributed by atoms with Gasteiger partial charge in [-0.2, -0.15) is 0 Å². The first-order valence-corrected chi connectivity index (χ1v) is 12.1. The van der Waals surface area contributed by atoms with Gasteiger partial charge >= 0.3 is 0 Å². The lowest BCUT2D eigenvalue weighted by Crippen LogP contribution is -2.36. The van der Waals surface area contributed by atoms with Crippen LogP contribution in [0.4, 0.5) is 22.9 Å². The number of fused-ring (bicyclic) bond motifs is 2. The quantitative estimate of drug-likeness (QED) is 0.366. The van der Waals surface area contributed by atoms with Crippen molar-refractivity contribution < 1.29 is 4.74 Å². The molecule has 3 aromatic heterocycles. The third kappa shape index (κ3) is 3.91. The van der Waals surface area contributed by atoms with E-state index in [0.717, 1.165) is 75.9 Å². The van der Waals surface area contributed by atoms with E-state index < -0.39 is 0 Å². The average molecular weight is 469 g/mol. The van der Waals surface area contributed by atoms with Crippen LogP contribution < -0.4 is 16.0 Å². The van der Waals surface area contributed by atoms with Crippen LogP contribution in [0.2, 0.25) is 0 Å². The Hall–Kier alpha value is -3.75. The molecule has 0 saturated carbocycles. The van der Waals surface area contributed by atoms with Crippen molar-refractivity contribution >= 4 is 55.3 Å². The molecule has 0 unspecified atom stereocenters. The van der Waals surface area contributed by atoms with Gasteiger partial charge in [-0.25, -0.2) is 9.97 Å². The van der Waals surface area contributed by atoms with Crippen molar-refractivity contribution in [3.63, 3.8) is 0 Å². The van der Waals surface area contributed by atoms with Crippen molar-refractivity contribution in [1.82, 2.24) is 15.0 Å². The maximum Gasteiger partial charge on any atom is 0.162 e. The maximum absolute atomic E-state index is 6.26. The third-order valence-electron chi connectivity index (χ3n) is 6.04. The Morgan fingerprint density at radius 1 is 0.941 bits per heavy atom. The number of thiophene rings is 1. The lowest BCUT2D eigenvalue weighted by atomic mass is 10.1. The van der Waals surface area contributed by atoms with E-state index in [1.54, 1.807) is 11.3 Å². The number of anilines is 4. The van der Waals surface area contributed by atoms with Crippen LogP contribution >= 0.6 is 11.3 Å². The van der Waals surface area contributed by atoms with Crippen LogP contribution in [-0.4, -0.2) is 41.3 Å². The van der Waals surface area contributed by atoms with E-state index in [4.69, 9.17) is 20.4 Å². The molecule has 1 fully saturated rings. The predicted molar refractivity (Wildman–Crippen MR) is 140 cm³/mol. The van der Waals surface area contributed by atoms with E-state index in [1.807, 2.05) is 42.6 Å². The van der Waals surface area contributed by atoms with Gasteiger partial charge in [-0.15, -0.1) is 11.3 Å². The van der Waals surface area contributed by atoms with Crippen molar-refractivity contribution in [1.29, 1.82) is 0 Å². The molecular weight excluding hydrogens is 444 g/mol. The van der Waals surface area contributed by atoms with Gasteiger partial charge in [0.25, 0.3) is 0 Å². The monoisotopic (exact) mass is 468 g/mol. The normalized spacial score (nSPS) is 14.1. The molecule has 6 rings (SSSR count). The number of ether oxygens (including phenoxy) is 1. The number of benzene rings is 2. The van der Waals surface area contributed by atoms with Crippen molar-refractivity contribution in [2.24, 2.45) is 0 Å². The first kappa shape index (κ1) is 20.8. The summed E-state index contributed by atoms with van der Waals surface area (Å²) in [5.74, 6) is 1.48. The van der Waals surface area contributed by atoms with Gasteiger partial charge in [0, 0.05) is 46.8 Å². The molecule has 1 aliphatic heterocycles. The summed E-state index contributed by atoms with van der Waals surface area (Å²) in [6, 6.07) is 18.4. The number of morpholine rings is 1. The molecule has 0 atom stereocenters. The molecule has 0 spiro atoms. The predicted octanol–water partition coefficient (Wildman–Crippen LogP) is 5.38. The van der Waals surface area contributed by atoms with Crippen LogP contribution in [0.3, 0.4) is 0 Å². The van der Waals surface area contributed by atoms with Crippen LogP contribution in [-0.2, 0) is 4.74 Å². The second-order valence-corrected chi connectivity index (χ2v) is 9.30. The highest BCUT2D eigenvalue weighted by molar-refractivity contribution is 7.17. The molecule has 0 bridgehead atoms. The summed E-state index contributed by atoms with van der Waals surface area (Å²) in [5, 5.41) is 6.46. The number of nitrogens with zero attached hydrogens (tertiary/aromatic N) is 4. The van der Waals surface area contributed by atoms with Crippen molar-refractivity contribution in [2.75, 3.05) is 42.3 Å². The number of aryl methyl sites for hydroxylation is 1. The summed E-state index contributed by atoms with van der Waals surface area (Å²) in [6.07, 6.45) is 0. The molecule has 1 aliphatic rings. The minimum absolute atomic E-state index is 0.694. The standard InChI is InChI=1S/C26H24N6OS/c1-16-14-21(27)20-15-18(4-7-22(20)28-16)29-26-24-23(8-13-34-24)30-25(31-26)17-2-5-19(6-3-17)32-9-11-33-12-10-32/h2-8,13-15H,9-12H2,1H3,(H2,27,28)(H,29,30,31). The molecular formula is C26H24N6OS. The zero-order valence-corrected chi connectivity index (χ0v) is 19.6. The Morgan fingerprint density at radius 3 is 2.59 bits per heavy atom. The summed E-state index contributed by atoms with van der Waals surface area (Å²) in [5.41, 5.74) is 12.8. The first-order valence-electron chi connectivity index (χ1n) is 11.3. The van der Waals surface area contributed by atoms with E-state index in [9.17, 15) is 0 Å². The molecule has 170 valence electrons. The third-order valence-corrected chi connectivity index (χ3v) is 6.95. The average Bonchev–Trinajstić information content (AvgIpc) is 3.34. The first-order chi connectivity index (χ1) is 16.6. The number of nitrogens with two attached hydrogens (primary N) is 1. The van der Waals surface area contributed by atoms with Crippen molar-refractivity contribution in [2.45, 2.75) is 6.92 Å². The molecule has 1 saturated heterocycles. The van der Waals surface area contributed by atoms with Crippen LogP contribution in [0.1, 0.15) is 5.69 Å². The van der Waals surface area contributed by atoms with E-state index in [1.165, 1.54) is 5.69 Å². The van der Waals surface area contributed by atoms with Gasteiger partial charge in [0.1, 0.15) is 0 Å². The molecule has 3 N–H and O–H groups in total. The molecule has 4 heterocycles. The van der Waals surface area contributed by atoms with Gasteiger partial charge in [-0.1, -0.05) is 0 Å². The Kier molecular flexibility index (Phi) is 5.24. The Labute approximate surface area is 201 Å². The second-order valence-electron chi connectivity index (χ2n) is 8.39. The number of hydrogen-bond acceptors (Lipinski definition) is 8. The number of aromatic nitrogens is 3. The highest BCUT2D eigenvalue weighted by Gasteiger charge is 2.14. The molecule has 34 heavy (non-hydrogen) atoms. The summed E-state index contributed by atoms with van der Waals surface area (Å²) in [6.45, 7) is 5.31. The maximum atomic E-state index is 6.26. The molecule has 5 aromatic rings. The van der Waals surface area contributed by atoms with Crippen LogP contribution in [0.25, 0.3) is 32.5 Å². The molecule has 7 nitrogen and oxygen atoms in total. The number of nitrogens with one attached hydrogen (secondary N) is 1. The SMILES string of the molecule is Cc1cc(N)c2cc(Nc3nc(-c4ccc(N5CCOCC5)cc4)nc4ccsc34)ccc2n1. The molecule has 8 heteroatoms. The summed E-state index contributed by atoms with van der Waals surface area (Å²) in [7, 11) is 0. The summed E-state index contributed by atoms with van der Waals surface area (Å²) >= 11 is 1.62. The van der Waals surface area contributed by atoms with E-state index in [-0.39, 0.29) is 0 Å². The van der Waals surface area contributed by atoms with Gasteiger partial charge < -0.3 is 20.7 Å². The van der Waals surface area contributed by atoms with Gasteiger partial charge in [0.05, 0.1) is 28.9 Å². The van der Waals surface area contributed by atoms with Crippen molar-refractivity contribution in [3.8, 4) is 11.4 Å². The molecule has 2 aromatic carbocycles. The van der Waals surface area contributed by atoms with Gasteiger partial charge in [0.2, 0.25) is 0 Å². The van der Waals surface area contributed by atoms with Gasteiger partial charge in [-0.3, -0.25) is 4.98 Å². The molecule has 0 amide bonds. The number of hydrogen-bond donors (Lipinski definition) is 2. The van der Waals surface area contributed by atoms with Gasteiger partial charge in [-0.05, 0) is 66.9 Å². The van der Waals surface area contributed by atoms with Crippen LogP contribution in [0, 0.1) is 6.92 Å². The molecule has 0 radical (unpaired) electrons.